The molecule has 0 radical (unpaired) electrons. The molecule has 0 aliphatic heterocycles. The molecule has 9 heteroatoms. The Labute approximate surface area is 154 Å². The Bertz CT molecular complexity index is 801. The van der Waals surface area contributed by atoms with E-state index in [1.165, 1.54) is 0 Å². The molecule has 2 N–H and O–H groups in total. The van der Waals surface area contributed by atoms with Gasteiger partial charge in [0.1, 0.15) is 17.6 Å². The number of anilines is 1. The maximum Gasteiger partial charge on any atom is 0.325 e. The lowest BCUT2D eigenvalue weighted by atomic mass is 9.89. The van der Waals surface area contributed by atoms with Crippen molar-refractivity contribution in [3.8, 4) is 0 Å². The summed E-state index contributed by atoms with van der Waals surface area (Å²) in [5.41, 5.74) is 1.80. The van der Waals surface area contributed by atoms with Gasteiger partial charge in [-0.05, 0) is 25.0 Å². The van der Waals surface area contributed by atoms with Gasteiger partial charge in [-0.1, -0.05) is 25.3 Å². The molecule has 26 heavy (non-hydrogen) atoms. The molecule has 2 amide bonds. The third-order valence-electron chi connectivity index (χ3n) is 4.31. The molecular weight excluding hydrogens is 356 g/mol. The first-order valence-electron chi connectivity index (χ1n) is 8.58. The summed E-state index contributed by atoms with van der Waals surface area (Å²) in [4.78, 5) is 35.6. The molecule has 0 spiro atoms. The van der Waals surface area contributed by atoms with Gasteiger partial charge >= 0.3 is 5.97 Å². The lowest BCUT2D eigenvalue weighted by molar-refractivity contribution is -0.147. The van der Waals surface area contributed by atoms with Gasteiger partial charge in [-0.15, -0.1) is 0 Å². The van der Waals surface area contributed by atoms with Gasteiger partial charge in [0.15, 0.2) is 6.61 Å². The molecule has 1 fully saturated rings. The van der Waals surface area contributed by atoms with E-state index in [0.717, 1.165) is 43.8 Å². The SMILES string of the molecule is O=C(COC(=O)CNC(=O)C1CCCCC1)Nc1cccc2nsnc12. The summed E-state index contributed by atoms with van der Waals surface area (Å²) in [5, 5.41) is 5.23. The van der Waals surface area contributed by atoms with Crippen LogP contribution in [0.15, 0.2) is 18.2 Å². The predicted molar refractivity (Wildman–Crippen MR) is 96.6 cm³/mol. The van der Waals surface area contributed by atoms with Crippen LogP contribution >= 0.6 is 11.7 Å². The standard InChI is InChI=1S/C17H20N4O4S/c22-14(19-12-7-4-8-13-16(12)21-26-20-13)10-25-15(23)9-18-17(24)11-5-2-1-3-6-11/h4,7-8,11H,1-3,5-6,9-10H2,(H,18,24)(H,19,22). The number of carbonyl (C=O) groups excluding carboxylic acids is 3. The molecule has 1 aliphatic rings. The van der Waals surface area contributed by atoms with Gasteiger partial charge in [0, 0.05) is 5.92 Å². The molecule has 138 valence electrons. The zero-order valence-electron chi connectivity index (χ0n) is 14.2. The van der Waals surface area contributed by atoms with Crippen LogP contribution in [0.5, 0.6) is 0 Å². The van der Waals surface area contributed by atoms with Gasteiger partial charge < -0.3 is 15.4 Å². The van der Waals surface area contributed by atoms with Crippen molar-refractivity contribution in [2.45, 2.75) is 32.1 Å². The average Bonchev–Trinajstić information content (AvgIpc) is 3.15. The molecule has 0 atom stereocenters. The lowest BCUT2D eigenvalue weighted by Crippen LogP contribution is -2.36. The van der Waals surface area contributed by atoms with E-state index < -0.39 is 18.5 Å². The van der Waals surface area contributed by atoms with Gasteiger partial charge in [-0.2, -0.15) is 8.75 Å². The van der Waals surface area contributed by atoms with E-state index in [-0.39, 0.29) is 18.4 Å². The third-order valence-corrected chi connectivity index (χ3v) is 4.85. The normalized spacial score (nSPS) is 14.8. The fourth-order valence-corrected chi connectivity index (χ4v) is 3.51. The number of nitrogens with one attached hydrogen (secondary N) is 2. The van der Waals surface area contributed by atoms with Crippen molar-refractivity contribution in [2.75, 3.05) is 18.5 Å². The number of hydrogen-bond donors (Lipinski definition) is 2. The molecule has 1 aromatic heterocycles. The van der Waals surface area contributed by atoms with Crippen LogP contribution in [-0.2, 0) is 19.1 Å². The highest BCUT2D eigenvalue weighted by atomic mass is 32.1. The second-order valence-electron chi connectivity index (χ2n) is 6.20. The van der Waals surface area contributed by atoms with E-state index >= 15 is 0 Å². The molecule has 1 saturated carbocycles. The fraction of sp³-hybridized carbons (Fsp3) is 0.471. The number of nitrogens with zero attached hydrogens (tertiary/aromatic N) is 2. The Balaban J connectivity index is 1.40. The minimum absolute atomic E-state index is 0.0212. The molecule has 0 saturated heterocycles. The largest absolute Gasteiger partial charge is 0.454 e. The maximum absolute atomic E-state index is 12.0. The molecule has 1 aromatic carbocycles. The highest BCUT2D eigenvalue weighted by Gasteiger charge is 2.21. The van der Waals surface area contributed by atoms with Crippen molar-refractivity contribution in [1.82, 2.24) is 14.1 Å². The summed E-state index contributed by atoms with van der Waals surface area (Å²) in [5.74, 6) is -1.25. The van der Waals surface area contributed by atoms with Crippen LogP contribution in [-0.4, -0.2) is 39.7 Å². The van der Waals surface area contributed by atoms with Crippen LogP contribution < -0.4 is 10.6 Å². The molecule has 8 nitrogen and oxygen atoms in total. The van der Waals surface area contributed by atoms with Crippen molar-refractivity contribution in [1.29, 1.82) is 0 Å². The van der Waals surface area contributed by atoms with Crippen molar-refractivity contribution < 1.29 is 19.1 Å². The first-order chi connectivity index (χ1) is 12.6. The quantitative estimate of drug-likeness (QED) is 0.745. The Morgan fingerprint density at radius 3 is 2.77 bits per heavy atom. The Morgan fingerprint density at radius 1 is 1.15 bits per heavy atom. The highest BCUT2D eigenvalue weighted by Crippen LogP contribution is 2.23. The molecule has 3 rings (SSSR count). The van der Waals surface area contributed by atoms with Crippen molar-refractivity contribution in [3.05, 3.63) is 18.2 Å². The van der Waals surface area contributed by atoms with Gasteiger partial charge in [0.2, 0.25) is 5.91 Å². The topological polar surface area (TPSA) is 110 Å². The first-order valence-corrected chi connectivity index (χ1v) is 9.31. The molecule has 1 aliphatic carbocycles. The van der Waals surface area contributed by atoms with Crippen LogP contribution in [0.25, 0.3) is 11.0 Å². The minimum Gasteiger partial charge on any atom is -0.454 e. The number of carbonyl (C=O) groups is 3. The summed E-state index contributed by atoms with van der Waals surface area (Å²) in [6.45, 7) is -0.652. The number of hydrogen-bond acceptors (Lipinski definition) is 7. The average molecular weight is 376 g/mol. The van der Waals surface area contributed by atoms with Gasteiger partial charge in [0.05, 0.1) is 17.4 Å². The number of esters is 1. The van der Waals surface area contributed by atoms with E-state index in [1.807, 2.05) is 0 Å². The lowest BCUT2D eigenvalue weighted by Gasteiger charge is -2.20. The summed E-state index contributed by atoms with van der Waals surface area (Å²) in [7, 11) is 0. The highest BCUT2D eigenvalue weighted by molar-refractivity contribution is 7.00. The first kappa shape index (κ1) is 18.2. The Kier molecular flexibility index (Phi) is 6.11. The molecule has 0 bridgehead atoms. The van der Waals surface area contributed by atoms with Crippen molar-refractivity contribution >= 4 is 46.2 Å². The summed E-state index contributed by atoms with van der Waals surface area (Å²) in [6, 6.07) is 5.25. The van der Waals surface area contributed by atoms with Crippen LogP contribution in [0.4, 0.5) is 5.69 Å². The van der Waals surface area contributed by atoms with Crippen LogP contribution in [0.3, 0.4) is 0 Å². The number of aromatic nitrogens is 2. The second kappa shape index (κ2) is 8.70. The number of rotatable bonds is 6. The Hall–Kier alpha value is -2.55. The van der Waals surface area contributed by atoms with Crippen LogP contribution in [0.1, 0.15) is 32.1 Å². The zero-order chi connectivity index (χ0) is 18.4. The van der Waals surface area contributed by atoms with Crippen molar-refractivity contribution in [2.24, 2.45) is 5.92 Å². The maximum atomic E-state index is 12.0. The molecule has 0 unspecified atom stereocenters. The van der Waals surface area contributed by atoms with Gasteiger partial charge in [-0.25, -0.2) is 0 Å². The molecule has 2 aromatic rings. The van der Waals surface area contributed by atoms with E-state index in [9.17, 15) is 14.4 Å². The van der Waals surface area contributed by atoms with E-state index in [0.29, 0.717) is 16.7 Å². The smallest absolute Gasteiger partial charge is 0.325 e. The predicted octanol–water partition coefficient (Wildman–Crippen LogP) is 1.87. The molecule has 1 heterocycles. The van der Waals surface area contributed by atoms with Gasteiger partial charge in [-0.3, -0.25) is 14.4 Å². The third kappa shape index (κ3) is 4.75. The van der Waals surface area contributed by atoms with Crippen molar-refractivity contribution in [3.63, 3.8) is 0 Å². The Morgan fingerprint density at radius 2 is 1.96 bits per heavy atom. The fourth-order valence-electron chi connectivity index (χ4n) is 2.96. The van der Waals surface area contributed by atoms with Crippen LogP contribution in [0, 0.1) is 5.92 Å². The van der Waals surface area contributed by atoms with E-state index in [2.05, 4.69) is 19.4 Å². The summed E-state index contributed by atoms with van der Waals surface area (Å²) in [6.07, 6.45) is 4.97. The minimum atomic E-state index is -0.641. The summed E-state index contributed by atoms with van der Waals surface area (Å²) >= 11 is 1.06. The van der Waals surface area contributed by atoms with E-state index in [4.69, 9.17) is 4.74 Å². The van der Waals surface area contributed by atoms with E-state index in [1.54, 1.807) is 18.2 Å². The monoisotopic (exact) mass is 376 g/mol. The number of benzene rings is 1. The molecular formula is C17H20N4O4S. The van der Waals surface area contributed by atoms with Crippen LogP contribution in [0.2, 0.25) is 0 Å². The second-order valence-corrected chi connectivity index (χ2v) is 6.73. The number of fused-ring (bicyclic) bond motifs is 1. The number of ether oxygens (including phenoxy) is 1. The summed E-state index contributed by atoms with van der Waals surface area (Å²) < 4.78 is 13.1. The zero-order valence-corrected chi connectivity index (χ0v) is 15.0. The van der Waals surface area contributed by atoms with Gasteiger partial charge in [0.25, 0.3) is 5.91 Å². The number of amides is 2.